The average molecular weight is 381 g/mol. The number of guanidine groups is 1. The molecule has 2 rings (SSSR count). The van der Waals surface area contributed by atoms with Gasteiger partial charge in [0.05, 0.1) is 19.8 Å². The summed E-state index contributed by atoms with van der Waals surface area (Å²) in [7, 11) is 0. The molecule has 1 aromatic carbocycles. The zero-order chi connectivity index (χ0) is 12.8. The fourth-order valence-electron chi connectivity index (χ4n) is 1.59. The molecule has 0 unspecified atom stereocenters. The first kappa shape index (κ1) is 15.8. The lowest BCUT2D eigenvalue weighted by atomic mass is 10.3. The Labute approximate surface area is 128 Å². The van der Waals surface area contributed by atoms with Crippen LogP contribution in [0.2, 0.25) is 0 Å². The Morgan fingerprint density at radius 2 is 2.05 bits per heavy atom. The first-order valence-electron chi connectivity index (χ1n) is 5.82. The summed E-state index contributed by atoms with van der Waals surface area (Å²) in [4.78, 5) is 3.80. The summed E-state index contributed by atoms with van der Waals surface area (Å²) in [5.74, 6) is 1.58. The van der Waals surface area contributed by atoms with E-state index >= 15 is 0 Å². The van der Waals surface area contributed by atoms with Crippen molar-refractivity contribution in [2.75, 3.05) is 31.7 Å². The number of nitrogens with two attached hydrogens (primary N) is 1. The van der Waals surface area contributed by atoms with Gasteiger partial charge in [-0.25, -0.2) is 4.39 Å². The molecule has 1 aliphatic rings. The maximum absolute atomic E-state index is 11.9. The highest BCUT2D eigenvalue weighted by atomic mass is 127. The number of halogens is 2. The van der Waals surface area contributed by atoms with Crippen LogP contribution >= 0.6 is 24.0 Å². The van der Waals surface area contributed by atoms with E-state index < -0.39 is 6.67 Å². The topological polar surface area (TPSA) is 68.9 Å². The number of alkyl halides is 1. The standard InChI is InChI=1S/C12H16FN3O2.HI/c13-4-5-15-12(14)16-9-2-3-10-11(8-9)18-7-1-6-17-10;/h2-3,8H,1,4-7H2,(H3,14,15,16);1H. The smallest absolute Gasteiger partial charge is 0.193 e. The fraction of sp³-hybridized carbons (Fsp3) is 0.417. The minimum absolute atomic E-state index is 0. The van der Waals surface area contributed by atoms with Crippen LogP contribution in [0.15, 0.2) is 23.2 Å². The number of rotatable bonds is 3. The van der Waals surface area contributed by atoms with Crippen LogP contribution in [0.4, 0.5) is 10.1 Å². The van der Waals surface area contributed by atoms with Gasteiger partial charge in [0, 0.05) is 18.2 Å². The van der Waals surface area contributed by atoms with Gasteiger partial charge in [0.1, 0.15) is 6.67 Å². The molecule has 0 saturated heterocycles. The third-order valence-corrected chi connectivity index (χ3v) is 2.39. The van der Waals surface area contributed by atoms with Crippen molar-refractivity contribution in [3.8, 4) is 11.5 Å². The van der Waals surface area contributed by atoms with Gasteiger partial charge in [-0.3, -0.25) is 4.99 Å². The second kappa shape index (κ2) is 8.03. The van der Waals surface area contributed by atoms with Crippen LogP contribution in [0.3, 0.4) is 0 Å². The van der Waals surface area contributed by atoms with Gasteiger partial charge >= 0.3 is 0 Å². The Morgan fingerprint density at radius 3 is 2.79 bits per heavy atom. The van der Waals surface area contributed by atoms with Crippen LogP contribution < -0.4 is 20.5 Å². The van der Waals surface area contributed by atoms with Crippen molar-refractivity contribution in [1.82, 2.24) is 0 Å². The zero-order valence-corrected chi connectivity index (χ0v) is 12.7. The third-order valence-electron chi connectivity index (χ3n) is 2.39. The molecule has 0 spiro atoms. The summed E-state index contributed by atoms with van der Waals surface area (Å²) in [6.07, 6.45) is 0.859. The molecular weight excluding hydrogens is 364 g/mol. The van der Waals surface area contributed by atoms with E-state index in [9.17, 15) is 4.39 Å². The number of nitrogens with one attached hydrogen (secondary N) is 1. The number of hydrogen-bond acceptors (Lipinski definition) is 3. The Balaban J connectivity index is 0.00000180. The molecule has 0 fully saturated rings. The maximum atomic E-state index is 11.9. The molecule has 0 amide bonds. The van der Waals surface area contributed by atoms with Gasteiger partial charge in [-0.15, -0.1) is 24.0 Å². The van der Waals surface area contributed by atoms with Crippen molar-refractivity contribution in [3.63, 3.8) is 0 Å². The average Bonchev–Trinajstić information content (AvgIpc) is 2.61. The summed E-state index contributed by atoms with van der Waals surface area (Å²) in [6, 6.07) is 5.41. The van der Waals surface area contributed by atoms with Gasteiger partial charge in [-0.1, -0.05) is 0 Å². The van der Waals surface area contributed by atoms with Crippen molar-refractivity contribution in [1.29, 1.82) is 0 Å². The largest absolute Gasteiger partial charge is 0.490 e. The van der Waals surface area contributed by atoms with E-state index in [2.05, 4.69) is 10.3 Å². The number of benzene rings is 1. The molecule has 0 atom stereocenters. The van der Waals surface area contributed by atoms with Gasteiger partial charge in [0.15, 0.2) is 17.5 Å². The van der Waals surface area contributed by atoms with Gasteiger partial charge in [-0.2, -0.15) is 0 Å². The minimum Gasteiger partial charge on any atom is -0.490 e. The van der Waals surface area contributed by atoms with Crippen molar-refractivity contribution < 1.29 is 13.9 Å². The third kappa shape index (κ3) is 4.73. The summed E-state index contributed by atoms with van der Waals surface area (Å²) in [5, 5.41) is 2.87. The molecular formula is C12H17FIN3O2. The number of hydrogen-bond donors (Lipinski definition) is 2. The van der Waals surface area contributed by atoms with Crippen molar-refractivity contribution >= 4 is 35.6 Å². The van der Waals surface area contributed by atoms with E-state index in [4.69, 9.17) is 15.2 Å². The van der Waals surface area contributed by atoms with E-state index in [1.165, 1.54) is 0 Å². The Kier molecular flexibility index (Phi) is 6.68. The van der Waals surface area contributed by atoms with E-state index in [1.54, 1.807) is 6.07 Å². The van der Waals surface area contributed by atoms with E-state index in [-0.39, 0.29) is 36.5 Å². The second-order valence-electron chi connectivity index (χ2n) is 3.79. The number of anilines is 1. The van der Waals surface area contributed by atoms with Gasteiger partial charge in [0.2, 0.25) is 0 Å². The molecule has 1 aromatic rings. The van der Waals surface area contributed by atoms with Crippen molar-refractivity contribution in [3.05, 3.63) is 18.2 Å². The van der Waals surface area contributed by atoms with Crippen LogP contribution in [-0.4, -0.2) is 32.4 Å². The van der Waals surface area contributed by atoms with Crippen molar-refractivity contribution in [2.45, 2.75) is 6.42 Å². The quantitative estimate of drug-likeness (QED) is 0.479. The number of nitrogens with zero attached hydrogens (tertiary/aromatic N) is 1. The number of ether oxygens (including phenoxy) is 2. The highest BCUT2D eigenvalue weighted by Crippen LogP contribution is 2.32. The van der Waals surface area contributed by atoms with Crippen LogP contribution in [0.1, 0.15) is 6.42 Å². The number of aliphatic imine (C=N–C) groups is 1. The van der Waals surface area contributed by atoms with Gasteiger partial charge in [-0.05, 0) is 12.1 Å². The first-order valence-corrected chi connectivity index (χ1v) is 5.82. The number of fused-ring (bicyclic) bond motifs is 1. The molecule has 0 bridgehead atoms. The highest BCUT2D eigenvalue weighted by Gasteiger charge is 2.10. The minimum atomic E-state index is -0.524. The van der Waals surface area contributed by atoms with E-state index in [0.29, 0.717) is 19.0 Å². The van der Waals surface area contributed by atoms with Crippen LogP contribution in [-0.2, 0) is 0 Å². The van der Waals surface area contributed by atoms with E-state index in [1.807, 2.05) is 12.1 Å². The lowest BCUT2D eigenvalue weighted by Crippen LogP contribution is -2.23. The normalized spacial score (nSPS) is 14.3. The summed E-state index contributed by atoms with van der Waals surface area (Å²) in [6.45, 7) is 0.814. The van der Waals surface area contributed by atoms with Crippen LogP contribution in [0.25, 0.3) is 0 Å². The molecule has 106 valence electrons. The van der Waals surface area contributed by atoms with Gasteiger partial charge < -0.3 is 20.5 Å². The summed E-state index contributed by atoms with van der Waals surface area (Å²) in [5.41, 5.74) is 6.33. The molecule has 0 aliphatic carbocycles. The molecule has 0 radical (unpaired) electrons. The SMILES string of the molecule is I.NC(=NCCF)Nc1ccc2c(c1)OCCCO2. The summed E-state index contributed by atoms with van der Waals surface area (Å²) < 4.78 is 23.0. The van der Waals surface area contributed by atoms with E-state index in [0.717, 1.165) is 17.9 Å². The molecule has 0 saturated carbocycles. The molecule has 19 heavy (non-hydrogen) atoms. The lowest BCUT2D eigenvalue weighted by Gasteiger charge is -2.10. The Morgan fingerprint density at radius 1 is 1.32 bits per heavy atom. The monoisotopic (exact) mass is 381 g/mol. The molecule has 0 aromatic heterocycles. The van der Waals surface area contributed by atoms with Crippen LogP contribution in [0, 0.1) is 0 Å². The van der Waals surface area contributed by atoms with Gasteiger partial charge in [0.25, 0.3) is 0 Å². The fourth-order valence-corrected chi connectivity index (χ4v) is 1.59. The first-order chi connectivity index (χ1) is 8.79. The van der Waals surface area contributed by atoms with Crippen molar-refractivity contribution in [2.24, 2.45) is 10.7 Å². The maximum Gasteiger partial charge on any atom is 0.193 e. The predicted molar refractivity (Wildman–Crippen MR) is 83.6 cm³/mol. The molecule has 1 heterocycles. The van der Waals surface area contributed by atoms with Crippen LogP contribution in [0.5, 0.6) is 11.5 Å². The highest BCUT2D eigenvalue weighted by molar-refractivity contribution is 14.0. The predicted octanol–water partition coefficient (Wildman–Crippen LogP) is 2.16. The molecule has 1 aliphatic heterocycles. The second-order valence-corrected chi connectivity index (χ2v) is 3.79. The molecule has 5 nitrogen and oxygen atoms in total. The zero-order valence-electron chi connectivity index (χ0n) is 10.4. The lowest BCUT2D eigenvalue weighted by molar-refractivity contribution is 0.297. The molecule has 3 N–H and O–H groups in total. The Bertz CT molecular complexity index is 443. The summed E-state index contributed by atoms with van der Waals surface area (Å²) >= 11 is 0. The molecule has 7 heteroatoms. The Hall–Kier alpha value is -1.25.